The molecule has 0 bridgehead atoms. The van der Waals surface area contributed by atoms with Crippen molar-refractivity contribution < 1.29 is 14.4 Å². The molecule has 0 radical (unpaired) electrons. The van der Waals surface area contributed by atoms with Gasteiger partial charge in [-0.05, 0) is 30.7 Å². The van der Waals surface area contributed by atoms with Crippen molar-refractivity contribution in [1.82, 2.24) is 0 Å². The molecule has 1 heterocycles. The van der Waals surface area contributed by atoms with Gasteiger partial charge in [-0.15, -0.1) is 0 Å². The Labute approximate surface area is 99.2 Å². The van der Waals surface area contributed by atoms with Gasteiger partial charge in [-0.2, -0.15) is 0 Å². The Bertz CT molecular complexity index is 519. The van der Waals surface area contributed by atoms with E-state index in [1.54, 1.807) is 30.1 Å². The number of nitrogens with zero attached hydrogens (tertiary/aromatic N) is 1. The number of ketones is 2. The summed E-state index contributed by atoms with van der Waals surface area (Å²) in [5.74, 6) is -0.317. The number of benzene rings is 1. The fraction of sp³-hybridized carbons (Fsp3) is 0.308. The maximum absolute atomic E-state index is 11.7. The van der Waals surface area contributed by atoms with E-state index in [9.17, 15) is 14.4 Å². The summed E-state index contributed by atoms with van der Waals surface area (Å²) in [4.78, 5) is 35.6. The van der Waals surface area contributed by atoms with Gasteiger partial charge in [0.25, 0.3) is 0 Å². The van der Waals surface area contributed by atoms with Gasteiger partial charge in [0.05, 0.1) is 12.8 Å². The molecule has 1 aliphatic rings. The summed E-state index contributed by atoms with van der Waals surface area (Å²) >= 11 is 0. The predicted molar refractivity (Wildman–Crippen MR) is 63.2 cm³/mol. The van der Waals surface area contributed by atoms with Gasteiger partial charge in [0.1, 0.15) is 5.78 Å². The van der Waals surface area contributed by atoms with Crippen LogP contribution in [0.25, 0.3) is 0 Å². The molecule has 0 aromatic heterocycles. The van der Waals surface area contributed by atoms with Crippen LogP contribution in [-0.2, 0) is 16.0 Å². The van der Waals surface area contributed by atoms with Gasteiger partial charge >= 0.3 is 0 Å². The second-order valence-corrected chi connectivity index (χ2v) is 4.27. The average Bonchev–Trinajstić information content (AvgIpc) is 2.53. The lowest BCUT2D eigenvalue weighted by molar-refractivity contribution is -0.117. The minimum absolute atomic E-state index is 0.0242. The Balaban J connectivity index is 2.30. The highest BCUT2D eigenvalue weighted by molar-refractivity contribution is 6.08. The zero-order chi connectivity index (χ0) is 12.6. The van der Waals surface area contributed by atoms with E-state index in [0.29, 0.717) is 12.0 Å². The topological polar surface area (TPSA) is 54.5 Å². The third kappa shape index (κ3) is 2.11. The number of hydrogen-bond acceptors (Lipinski definition) is 3. The molecule has 0 unspecified atom stereocenters. The molecular formula is C13H13NO3. The van der Waals surface area contributed by atoms with Crippen LogP contribution in [-0.4, -0.2) is 24.5 Å². The van der Waals surface area contributed by atoms with E-state index in [4.69, 9.17) is 0 Å². The molecule has 0 fully saturated rings. The molecule has 4 nitrogen and oxygen atoms in total. The normalized spacial score (nSPS) is 13.8. The lowest BCUT2D eigenvalue weighted by atomic mass is 10.0. The van der Waals surface area contributed by atoms with Crippen LogP contribution in [0.3, 0.4) is 0 Å². The molecule has 1 aromatic rings. The Kier molecular flexibility index (Phi) is 2.79. The molecular weight excluding hydrogens is 218 g/mol. The minimum atomic E-state index is -0.192. The van der Waals surface area contributed by atoms with Crippen molar-refractivity contribution in [1.29, 1.82) is 0 Å². The molecule has 1 aliphatic heterocycles. The van der Waals surface area contributed by atoms with E-state index in [0.717, 1.165) is 11.3 Å². The van der Waals surface area contributed by atoms with Gasteiger partial charge in [0.15, 0.2) is 5.78 Å². The maximum atomic E-state index is 11.7. The quantitative estimate of drug-likeness (QED) is 0.583. The Morgan fingerprint density at radius 1 is 1.35 bits per heavy atom. The summed E-state index contributed by atoms with van der Waals surface area (Å²) in [5.41, 5.74) is 2.20. The van der Waals surface area contributed by atoms with Crippen molar-refractivity contribution in [3.05, 3.63) is 29.3 Å². The Morgan fingerprint density at radius 3 is 2.71 bits per heavy atom. The average molecular weight is 231 g/mol. The monoisotopic (exact) mass is 231 g/mol. The van der Waals surface area contributed by atoms with Crippen molar-refractivity contribution in [3.63, 3.8) is 0 Å². The molecule has 2 rings (SSSR count). The van der Waals surface area contributed by atoms with Crippen molar-refractivity contribution in [3.8, 4) is 0 Å². The van der Waals surface area contributed by atoms with Gasteiger partial charge in [-0.3, -0.25) is 14.4 Å². The first-order valence-electron chi connectivity index (χ1n) is 5.41. The van der Waals surface area contributed by atoms with Gasteiger partial charge in [0.2, 0.25) is 5.91 Å². The zero-order valence-electron chi connectivity index (χ0n) is 9.82. The van der Waals surface area contributed by atoms with Crippen LogP contribution in [0.15, 0.2) is 18.2 Å². The maximum Gasteiger partial charge on any atom is 0.231 e. The Hall–Kier alpha value is -1.97. The number of carbonyl (C=O) groups excluding carboxylic acids is 3. The van der Waals surface area contributed by atoms with Crippen LogP contribution in [0.5, 0.6) is 0 Å². The lowest BCUT2D eigenvalue weighted by Crippen LogP contribution is -2.20. The van der Waals surface area contributed by atoms with E-state index >= 15 is 0 Å². The number of likely N-dealkylation sites (N-methyl/N-ethyl adjacent to an activating group) is 1. The second-order valence-electron chi connectivity index (χ2n) is 4.27. The zero-order valence-corrected chi connectivity index (χ0v) is 9.82. The van der Waals surface area contributed by atoms with Gasteiger partial charge in [-0.25, -0.2) is 0 Å². The number of rotatable bonds is 3. The van der Waals surface area contributed by atoms with E-state index in [1.807, 2.05) is 0 Å². The summed E-state index contributed by atoms with van der Waals surface area (Å²) in [7, 11) is 1.71. The second kappa shape index (κ2) is 4.13. The number of anilines is 1. The molecule has 0 atom stereocenters. The molecule has 0 N–H and O–H groups in total. The van der Waals surface area contributed by atoms with Crippen LogP contribution in [0.2, 0.25) is 0 Å². The molecule has 17 heavy (non-hydrogen) atoms. The van der Waals surface area contributed by atoms with Crippen molar-refractivity contribution in [2.24, 2.45) is 0 Å². The SMILES string of the molecule is CC(=O)CC(=O)c1ccc2c(c1)CC(=O)N2C. The van der Waals surface area contributed by atoms with E-state index in [2.05, 4.69) is 0 Å². The minimum Gasteiger partial charge on any atom is -0.315 e. The van der Waals surface area contributed by atoms with Gasteiger partial charge < -0.3 is 4.90 Å². The lowest BCUT2D eigenvalue weighted by Gasteiger charge is -2.10. The van der Waals surface area contributed by atoms with Crippen molar-refractivity contribution in [2.45, 2.75) is 19.8 Å². The number of fused-ring (bicyclic) bond motifs is 1. The van der Waals surface area contributed by atoms with E-state index in [-0.39, 0.29) is 23.9 Å². The van der Waals surface area contributed by atoms with Crippen LogP contribution < -0.4 is 4.90 Å². The summed E-state index contributed by atoms with van der Waals surface area (Å²) in [5, 5.41) is 0. The molecule has 4 heteroatoms. The molecule has 1 aromatic carbocycles. The summed E-state index contributed by atoms with van der Waals surface area (Å²) < 4.78 is 0. The molecule has 0 spiro atoms. The van der Waals surface area contributed by atoms with Crippen molar-refractivity contribution >= 4 is 23.2 Å². The van der Waals surface area contributed by atoms with Crippen LogP contribution in [0.1, 0.15) is 29.3 Å². The first-order valence-corrected chi connectivity index (χ1v) is 5.41. The fourth-order valence-electron chi connectivity index (χ4n) is 1.97. The Morgan fingerprint density at radius 2 is 2.06 bits per heavy atom. The highest BCUT2D eigenvalue weighted by atomic mass is 16.2. The highest BCUT2D eigenvalue weighted by Crippen LogP contribution is 2.28. The van der Waals surface area contributed by atoms with Crippen LogP contribution >= 0.6 is 0 Å². The smallest absolute Gasteiger partial charge is 0.231 e. The van der Waals surface area contributed by atoms with Crippen molar-refractivity contribution in [2.75, 3.05) is 11.9 Å². The van der Waals surface area contributed by atoms with Crippen LogP contribution in [0, 0.1) is 0 Å². The third-order valence-corrected chi connectivity index (χ3v) is 2.89. The predicted octanol–water partition coefficient (Wildman–Crippen LogP) is 1.37. The molecule has 0 saturated carbocycles. The first-order chi connectivity index (χ1) is 7.99. The van der Waals surface area contributed by atoms with Gasteiger partial charge in [-0.1, -0.05) is 0 Å². The van der Waals surface area contributed by atoms with Crippen LogP contribution in [0.4, 0.5) is 5.69 Å². The van der Waals surface area contributed by atoms with Gasteiger partial charge in [0, 0.05) is 18.3 Å². The number of carbonyl (C=O) groups is 3. The molecule has 88 valence electrons. The standard InChI is InChI=1S/C13H13NO3/c1-8(15)5-12(16)9-3-4-11-10(6-9)7-13(17)14(11)2/h3-4,6H,5,7H2,1-2H3. The number of amides is 1. The summed E-state index contributed by atoms with van der Waals surface area (Å²) in [6, 6.07) is 5.13. The highest BCUT2D eigenvalue weighted by Gasteiger charge is 2.24. The summed E-state index contributed by atoms with van der Waals surface area (Å²) in [6.07, 6.45) is 0.246. The number of Topliss-reactive ketones (excluding diaryl/α,β-unsaturated/α-hetero) is 2. The van der Waals surface area contributed by atoms with E-state index < -0.39 is 0 Å². The molecule has 0 saturated heterocycles. The number of hydrogen-bond donors (Lipinski definition) is 0. The molecule has 1 amide bonds. The first kappa shape index (κ1) is 11.5. The third-order valence-electron chi connectivity index (χ3n) is 2.89. The van der Waals surface area contributed by atoms with E-state index in [1.165, 1.54) is 6.92 Å². The fourth-order valence-corrected chi connectivity index (χ4v) is 1.97. The molecule has 0 aliphatic carbocycles. The largest absolute Gasteiger partial charge is 0.315 e. The summed E-state index contributed by atoms with van der Waals surface area (Å²) in [6.45, 7) is 1.39.